The Kier molecular flexibility index (Phi) is 19.2. The third-order valence-corrected chi connectivity index (χ3v) is 21.7. The summed E-state index contributed by atoms with van der Waals surface area (Å²) in [6.45, 7) is 10.2. The van der Waals surface area contributed by atoms with Crippen molar-refractivity contribution in [1.29, 1.82) is 0 Å². The minimum Gasteiger partial charge on any atom is -0.459 e. The molecule has 6 atom stereocenters. The first-order valence-electron chi connectivity index (χ1n) is 25.9. The summed E-state index contributed by atoms with van der Waals surface area (Å²) in [5.41, 5.74) is 6.06. The van der Waals surface area contributed by atoms with Crippen LogP contribution in [0.3, 0.4) is 0 Å². The van der Waals surface area contributed by atoms with E-state index in [0.29, 0.717) is 34.1 Å². The Bertz CT molecular complexity index is 2480. The van der Waals surface area contributed by atoms with Crippen LogP contribution >= 0.6 is 47.0 Å². The van der Waals surface area contributed by atoms with Gasteiger partial charge in [0.25, 0.3) is 0 Å². The number of rotatable bonds is 29. The molecule has 4 aromatic rings. The number of hydrogen-bond donors (Lipinski definition) is 0. The Balaban J connectivity index is 0.744. The van der Waals surface area contributed by atoms with E-state index in [9.17, 15) is 19.2 Å². The van der Waals surface area contributed by atoms with Gasteiger partial charge in [-0.25, -0.2) is 19.2 Å². The zero-order valence-corrected chi connectivity index (χ0v) is 45.9. The number of pyridine rings is 2. The second-order valence-corrected chi connectivity index (χ2v) is 26.1. The number of carbonyl (C=O) groups excluding carboxylic acids is 4. The van der Waals surface area contributed by atoms with E-state index in [2.05, 4.69) is 85.3 Å². The van der Waals surface area contributed by atoms with Crippen molar-refractivity contribution in [2.75, 3.05) is 26.4 Å². The first kappa shape index (κ1) is 55.2. The summed E-state index contributed by atoms with van der Waals surface area (Å²) >= 11 is 8.13. The van der Waals surface area contributed by atoms with E-state index in [1.165, 1.54) is 64.2 Å². The number of thioether (sulfide) groups is 4. The van der Waals surface area contributed by atoms with Gasteiger partial charge in [0.1, 0.15) is 34.6 Å². The number of allylic oxidation sites excluding steroid dienone is 2. The lowest BCUT2D eigenvalue weighted by atomic mass is 9.93. The second kappa shape index (κ2) is 25.7. The monoisotopic (exact) mass is 1070 g/mol. The number of fused-ring (bicyclic) bond motifs is 4. The number of carbonyl (C=O) groups is 4. The molecule has 2 aliphatic heterocycles. The zero-order valence-electron chi connectivity index (χ0n) is 42.6. The van der Waals surface area contributed by atoms with Crippen LogP contribution in [-0.4, -0.2) is 69.8 Å². The molecule has 0 radical (unpaired) electrons. The summed E-state index contributed by atoms with van der Waals surface area (Å²) in [6, 6.07) is 27.8. The van der Waals surface area contributed by atoms with Crippen LogP contribution in [0, 0.1) is 11.8 Å². The molecular weight excluding hydrogens is 1000 g/mol. The van der Waals surface area contributed by atoms with Crippen molar-refractivity contribution in [2.24, 2.45) is 11.8 Å². The highest BCUT2D eigenvalue weighted by Crippen LogP contribution is 2.71. The second-order valence-electron chi connectivity index (χ2n) is 19.8. The van der Waals surface area contributed by atoms with E-state index in [0.717, 1.165) is 46.9 Å². The fourth-order valence-electron chi connectivity index (χ4n) is 10.3. The quantitative estimate of drug-likeness (QED) is 0.0168. The summed E-state index contributed by atoms with van der Waals surface area (Å²) in [5.74, 6) is 0.475. The van der Waals surface area contributed by atoms with Gasteiger partial charge in [-0.3, -0.25) is 9.97 Å². The normalized spacial score (nSPS) is 23.9. The SMILES string of the molecule is C=C(C)C(=O)OCCOC(=O)c1ccc(CSC2(c3ccccn3)SC3(CCCCCCCCCCC45C=CC(C4)C(SCc4ccc(C(=O)OCCOC(=O)C(=C)C)cc4)(c4ccccn4)S5)C=CC2C3)cc1. The van der Waals surface area contributed by atoms with Gasteiger partial charge in [-0.05, 0) is 99.2 Å². The van der Waals surface area contributed by atoms with E-state index in [-0.39, 0.29) is 44.1 Å². The van der Waals surface area contributed by atoms with Crippen LogP contribution in [0.25, 0.3) is 0 Å². The number of hydrogen-bond acceptors (Lipinski definition) is 14. The maximum absolute atomic E-state index is 12.6. The molecule has 390 valence electrons. The molecule has 0 N–H and O–H groups in total. The Morgan fingerprint density at radius 1 is 0.541 bits per heavy atom. The van der Waals surface area contributed by atoms with Crippen LogP contribution in [0.4, 0.5) is 0 Å². The third-order valence-electron chi connectivity index (χ3n) is 14.2. The molecule has 2 fully saturated rings. The van der Waals surface area contributed by atoms with Gasteiger partial charge in [-0.2, -0.15) is 0 Å². The topological polar surface area (TPSA) is 131 Å². The Morgan fingerprint density at radius 2 is 0.919 bits per heavy atom. The number of aromatic nitrogens is 2. The lowest BCUT2D eigenvalue weighted by molar-refractivity contribution is -0.140. The lowest BCUT2D eigenvalue weighted by Crippen LogP contribution is -2.27. The molecule has 6 unspecified atom stereocenters. The van der Waals surface area contributed by atoms with Crippen molar-refractivity contribution in [3.8, 4) is 0 Å². The van der Waals surface area contributed by atoms with Crippen molar-refractivity contribution < 1.29 is 38.1 Å². The number of ether oxygens (including phenoxy) is 4. The molecule has 0 spiro atoms. The molecular formula is C60H68N2O8S4. The third kappa shape index (κ3) is 13.7. The molecule has 14 heteroatoms. The molecule has 2 aromatic carbocycles. The fraction of sp³-hybridized carbons (Fsp3) is 0.433. The maximum Gasteiger partial charge on any atom is 0.338 e. The minimum absolute atomic E-state index is 0.0113. The summed E-state index contributed by atoms with van der Waals surface area (Å²) < 4.78 is 20.6. The van der Waals surface area contributed by atoms with Gasteiger partial charge in [-0.1, -0.05) is 125 Å². The highest BCUT2D eigenvalue weighted by molar-refractivity contribution is 8.18. The van der Waals surface area contributed by atoms with Crippen LogP contribution < -0.4 is 0 Å². The van der Waals surface area contributed by atoms with Crippen LogP contribution in [-0.2, 0) is 48.2 Å². The number of benzene rings is 2. The first-order valence-corrected chi connectivity index (χ1v) is 29.5. The zero-order chi connectivity index (χ0) is 52.0. The van der Waals surface area contributed by atoms with Crippen molar-refractivity contribution in [1.82, 2.24) is 9.97 Å². The first-order chi connectivity index (χ1) is 35.8. The summed E-state index contributed by atoms with van der Waals surface area (Å²) in [7, 11) is 0. The van der Waals surface area contributed by atoms with Crippen molar-refractivity contribution in [3.63, 3.8) is 0 Å². The molecule has 0 amide bonds. The molecule has 10 nitrogen and oxygen atoms in total. The molecule has 0 saturated carbocycles. The summed E-state index contributed by atoms with van der Waals surface area (Å²) in [4.78, 5) is 58.4. The van der Waals surface area contributed by atoms with Gasteiger partial charge in [0, 0.05) is 56.4 Å². The van der Waals surface area contributed by atoms with E-state index in [4.69, 9.17) is 28.9 Å². The number of unbranched alkanes of at least 4 members (excludes halogenated alkanes) is 7. The maximum atomic E-state index is 12.6. The van der Waals surface area contributed by atoms with Crippen LogP contribution in [0.5, 0.6) is 0 Å². The van der Waals surface area contributed by atoms with Gasteiger partial charge in [-0.15, -0.1) is 47.0 Å². The molecule has 8 rings (SSSR count). The van der Waals surface area contributed by atoms with Crippen molar-refractivity contribution in [2.45, 2.75) is 120 Å². The van der Waals surface area contributed by atoms with Crippen molar-refractivity contribution >= 4 is 70.9 Å². The van der Waals surface area contributed by atoms with Crippen LogP contribution in [0.1, 0.15) is 134 Å². The number of nitrogens with zero attached hydrogens (tertiary/aromatic N) is 2. The summed E-state index contributed by atoms with van der Waals surface area (Å²) in [5, 5.41) is 0. The predicted octanol–water partition coefficient (Wildman–Crippen LogP) is 13.9. The highest BCUT2D eigenvalue weighted by atomic mass is 32.2. The van der Waals surface area contributed by atoms with E-state index >= 15 is 0 Å². The largest absolute Gasteiger partial charge is 0.459 e. The lowest BCUT2D eigenvalue weighted by Gasteiger charge is -2.36. The average Bonchev–Trinajstić information content (AvgIpc) is 4.22. The number of esters is 4. The van der Waals surface area contributed by atoms with Gasteiger partial charge in [0.15, 0.2) is 0 Å². The van der Waals surface area contributed by atoms with Crippen LogP contribution in [0.2, 0.25) is 0 Å². The smallest absolute Gasteiger partial charge is 0.338 e. The molecule has 4 heterocycles. The Morgan fingerprint density at radius 3 is 1.28 bits per heavy atom. The molecule has 2 aromatic heterocycles. The molecule has 74 heavy (non-hydrogen) atoms. The van der Waals surface area contributed by atoms with Gasteiger partial charge >= 0.3 is 23.9 Å². The summed E-state index contributed by atoms with van der Waals surface area (Å²) in [6.07, 6.45) is 28.4. The standard InChI is InChI=1S/C60H68N2O8S4/c1-43(2)53(63)67-35-37-69-55(65)47-23-19-45(20-24-47)41-71-59(51-17-11-15-33-61-51)49-27-31-57(39-49,73-59)29-13-9-7-5-6-8-10-14-30-58-32-28-50(40-58)60(74-58,52-18-12-16-34-62-52)72-42-46-21-25-48(26-22-46)56(66)70-38-36-68-54(64)44(3)4/h11-12,15-28,31-34,49-50H,1,3,5-10,13-14,29-30,35-42H2,2,4H3. The Labute approximate surface area is 454 Å². The molecule has 4 aliphatic rings. The minimum atomic E-state index is -0.500. The van der Waals surface area contributed by atoms with E-state index in [1.807, 2.05) is 72.3 Å². The molecule has 4 bridgehead atoms. The Hall–Kier alpha value is -5.02. The fourth-order valence-corrected chi connectivity index (χ4v) is 18.1. The van der Waals surface area contributed by atoms with Crippen molar-refractivity contribution in [3.05, 3.63) is 180 Å². The van der Waals surface area contributed by atoms with Gasteiger partial charge in [0.2, 0.25) is 0 Å². The predicted molar refractivity (Wildman–Crippen MR) is 301 cm³/mol. The molecule has 2 aliphatic carbocycles. The van der Waals surface area contributed by atoms with Gasteiger partial charge in [0.05, 0.1) is 22.5 Å². The van der Waals surface area contributed by atoms with E-state index < -0.39 is 23.9 Å². The highest BCUT2D eigenvalue weighted by Gasteiger charge is 2.59. The molecule has 2 saturated heterocycles. The van der Waals surface area contributed by atoms with E-state index in [1.54, 1.807) is 38.1 Å². The van der Waals surface area contributed by atoms with Crippen LogP contribution in [0.15, 0.2) is 146 Å². The average molecular weight is 1070 g/mol. The van der Waals surface area contributed by atoms with Gasteiger partial charge < -0.3 is 18.9 Å².